The van der Waals surface area contributed by atoms with Crippen LogP contribution in [0.5, 0.6) is 17.2 Å². The maximum atomic E-state index is 12.2. The van der Waals surface area contributed by atoms with E-state index in [1.165, 1.54) is 7.11 Å². The summed E-state index contributed by atoms with van der Waals surface area (Å²) in [5.74, 6) is 1.49. The van der Waals surface area contributed by atoms with Crippen LogP contribution in [0.4, 0.5) is 10.5 Å². The van der Waals surface area contributed by atoms with Crippen LogP contribution in [-0.2, 0) is 16.1 Å². The number of carbonyl (C=O) groups is 2. The SMILES string of the molecule is COc1ccc(COC(=O)N/N=C(\C)CC(=O)Nc2ccc(OC)cc2OC)cc1. The van der Waals surface area contributed by atoms with Gasteiger partial charge in [-0.3, -0.25) is 4.79 Å². The molecule has 0 saturated carbocycles. The molecule has 0 aliphatic carbocycles. The molecule has 0 atom stereocenters. The highest BCUT2D eigenvalue weighted by molar-refractivity contribution is 6.06. The highest BCUT2D eigenvalue weighted by atomic mass is 16.6. The smallest absolute Gasteiger partial charge is 0.428 e. The van der Waals surface area contributed by atoms with E-state index >= 15 is 0 Å². The van der Waals surface area contributed by atoms with Gasteiger partial charge in [0.1, 0.15) is 23.9 Å². The Morgan fingerprint density at radius 3 is 2.23 bits per heavy atom. The zero-order valence-electron chi connectivity index (χ0n) is 17.4. The van der Waals surface area contributed by atoms with Crippen LogP contribution in [-0.4, -0.2) is 39.0 Å². The van der Waals surface area contributed by atoms with E-state index in [4.69, 9.17) is 18.9 Å². The van der Waals surface area contributed by atoms with Crippen LogP contribution in [0, 0.1) is 0 Å². The van der Waals surface area contributed by atoms with Gasteiger partial charge in [0.25, 0.3) is 0 Å². The summed E-state index contributed by atoms with van der Waals surface area (Å²) in [6.45, 7) is 1.71. The molecule has 0 radical (unpaired) electrons. The Labute approximate surface area is 175 Å². The topological polar surface area (TPSA) is 107 Å². The van der Waals surface area contributed by atoms with Crippen molar-refractivity contribution in [1.82, 2.24) is 5.43 Å². The summed E-state index contributed by atoms with van der Waals surface area (Å²) in [5.41, 5.74) is 3.97. The summed E-state index contributed by atoms with van der Waals surface area (Å²) in [6.07, 6.45) is -0.740. The number of amides is 2. The molecule has 0 spiro atoms. The zero-order chi connectivity index (χ0) is 21.9. The minimum atomic E-state index is -0.720. The number of hydrazone groups is 1. The maximum absolute atomic E-state index is 12.2. The molecule has 0 bridgehead atoms. The lowest BCUT2D eigenvalue weighted by molar-refractivity contribution is -0.115. The molecule has 9 heteroatoms. The molecule has 0 saturated heterocycles. The van der Waals surface area contributed by atoms with E-state index in [0.717, 1.165) is 5.56 Å². The Hall–Kier alpha value is -3.75. The maximum Gasteiger partial charge on any atom is 0.428 e. The fourth-order valence-corrected chi connectivity index (χ4v) is 2.41. The molecule has 0 unspecified atom stereocenters. The van der Waals surface area contributed by atoms with Crippen LogP contribution in [0.3, 0.4) is 0 Å². The number of rotatable bonds is 9. The van der Waals surface area contributed by atoms with E-state index in [1.54, 1.807) is 63.6 Å². The van der Waals surface area contributed by atoms with Crippen molar-refractivity contribution < 1.29 is 28.5 Å². The Kier molecular flexibility index (Phi) is 8.49. The molecular formula is C21H25N3O6. The Morgan fingerprint density at radius 2 is 1.60 bits per heavy atom. The number of nitrogens with zero attached hydrogens (tertiary/aromatic N) is 1. The van der Waals surface area contributed by atoms with Crippen molar-refractivity contribution in [3.63, 3.8) is 0 Å². The van der Waals surface area contributed by atoms with E-state index in [1.807, 2.05) is 0 Å². The Morgan fingerprint density at radius 1 is 0.933 bits per heavy atom. The molecule has 2 N–H and O–H groups in total. The molecule has 2 amide bonds. The minimum absolute atomic E-state index is 0.0199. The Bertz CT molecular complexity index is 896. The lowest BCUT2D eigenvalue weighted by Gasteiger charge is -2.11. The van der Waals surface area contributed by atoms with Gasteiger partial charge in [-0.05, 0) is 36.8 Å². The molecule has 2 rings (SSSR count). The molecule has 0 aliphatic rings. The fourth-order valence-electron chi connectivity index (χ4n) is 2.41. The average molecular weight is 415 g/mol. The number of methoxy groups -OCH3 is 3. The van der Waals surface area contributed by atoms with Gasteiger partial charge in [0.05, 0.1) is 33.4 Å². The molecule has 160 valence electrons. The van der Waals surface area contributed by atoms with Crippen molar-refractivity contribution >= 4 is 23.4 Å². The van der Waals surface area contributed by atoms with Crippen molar-refractivity contribution in [1.29, 1.82) is 0 Å². The van der Waals surface area contributed by atoms with Crippen LogP contribution in [0.2, 0.25) is 0 Å². The van der Waals surface area contributed by atoms with Crippen molar-refractivity contribution in [2.45, 2.75) is 20.0 Å². The number of hydrogen-bond acceptors (Lipinski definition) is 7. The quantitative estimate of drug-likeness (QED) is 0.480. The predicted molar refractivity (Wildman–Crippen MR) is 112 cm³/mol. The fraction of sp³-hybridized carbons (Fsp3) is 0.286. The summed E-state index contributed by atoms with van der Waals surface area (Å²) in [4.78, 5) is 24.0. The van der Waals surface area contributed by atoms with Crippen LogP contribution in [0.25, 0.3) is 0 Å². The largest absolute Gasteiger partial charge is 0.497 e. The normalized spacial score (nSPS) is 10.7. The highest BCUT2D eigenvalue weighted by Crippen LogP contribution is 2.29. The van der Waals surface area contributed by atoms with Gasteiger partial charge in [-0.15, -0.1) is 0 Å². The first-order valence-corrected chi connectivity index (χ1v) is 9.06. The number of hydrogen-bond donors (Lipinski definition) is 2. The third kappa shape index (κ3) is 7.01. The van der Waals surface area contributed by atoms with Crippen molar-refractivity contribution in [2.75, 3.05) is 26.6 Å². The number of carbonyl (C=O) groups excluding carboxylic acids is 2. The van der Waals surface area contributed by atoms with Gasteiger partial charge in [-0.25, -0.2) is 10.2 Å². The van der Waals surface area contributed by atoms with Gasteiger partial charge >= 0.3 is 6.09 Å². The van der Waals surface area contributed by atoms with Crippen LogP contribution in [0.15, 0.2) is 47.6 Å². The molecule has 0 fully saturated rings. The van der Waals surface area contributed by atoms with Gasteiger partial charge in [-0.1, -0.05) is 12.1 Å². The van der Waals surface area contributed by atoms with E-state index in [0.29, 0.717) is 28.6 Å². The molecule has 0 heterocycles. The lowest BCUT2D eigenvalue weighted by Crippen LogP contribution is -2.22. The third-order valence-electron chi connectivity index (χ3n) is 3.97. The van der Waals surface area contributed by atoms with E-state index in [-0.39, 0.29) is 18.9 Å². The number of nitrogens with one attached hydrogen (secondary N) is 2. The van der Waals surface area contributed by atoms with Crippen LogP contribution in [0.1, 0.15) is 18.9 Å². The highest BCUT2D eigenvalue weighted by Gasteiger charge is 2.10. The van der Waals surface area contributed by atoms with Gasteiger partial charge in [-0.2, -0.15) is 5.10 Å². The molecular weight excluding hydrogens is 390 g/mol. The van der Waals surface area contributed by atoms with E-state index in [2.05, 4.69) is 15.8 Å². The molecule has 2 aromatic rings. The van der Waals surface area contributed by atoms with Gasteiger partial charge in [0.15, 0.2) is 0 Å². The number of ether oxygens (including phenoxy) is 4. The summed E-state index contributed by atoms with van der Waals surface area (Å²) < 4.78 is 20.5. The Balaban J connectivity index is 1.81. The van der Waals surface area contributed by atoms with Gasteiger partial charge in [0, 0.05) is 11.8 Å². The second-order valence-corrected chi connectivity index (χ2v) is 6.17. The third-order valence-corrected chi connectivity index (χ3v) is 3.97. The van der Waals surface area contributed by atoms with Crippen molar-refractivity contribution in [2.24, 2.45) is 5.10 Å². The first-order valence-electron chi connectivity index (χ1n) is 9.06. The van der Waals surface area contributed by atoms with E-state index in [9.17, 15) is 9.59 Å². The molecule has 30 heavy (non-hydrogen) atoms. The molecule has 9 nitrogen and oxygen atoms in total. The summed E-state index contributed by atoms with van der Waals surface area (Å²) in [6, 6.07) is 12.2. The average Bonchev–Trinajstić information content (AvgIpc) is 2.76. The first kappa shape index (κ1) is 22.5. The summed E-state index contributed by atoms with van der Waals surface area (Å²) >= 11 is 0. The number of anilines is 1. The number of benzene rings is 2. The first-order chi connectivity index (χ1) is 14.4. The standard InChI is InChI=1S/C21H25N3O6/c1-14(11-20(25)22-18-10-9-17(28-3)12-19(18)29-4)23-24-21(26)30-13-15-5-7-16(27-2)8-6-15/h5-10,12H,11,13H2,1-4H3,(H,22,25)(H,24,26)/b23-14+. The minimum Gasteiger partial charge on any atom is -0.497 e. The van der Waals surface area contributed by atoms with Gasteiger partial charge in [0.2, 0.25) is 5.91 Å². The van der Waals surface area contributed by atoms with Crippen molar-refractivity contribution in [3.05, 3.63) is 48.0 Å². The van der Waals surface area contributed by atoms with Crippen molar-refractivity contribution in [3.8, 4) is 17.2 Å². The molecule has 0 aromatic heterocycles. The molecule has 0 aliphatic heterocycles. The molecule has 2 aromatic carbocycles. The van der Waals surface area contributed by atoms with Crippen LogP contribution < -0.4 is 25.0 Å². The van der Waals surface area contributed by atoms with Crippen LogP contribution >= 0.6 is 0 Å². The predicted octanol–water partition coefficient (Wildman–Crippen LogP) is 3.34. The zero-order valence-corrected chi connectivity index (χ0v) is 17.4. The van der Waals surface area contributed by atoms with E-state index < -0.39 is 6.09 Å². The summed E-state index contributed by atoms with van der Waals surface area (Å²) in [5, 5.41) is 6.61. The summed E-state index contributed by atoms with van der Waals surface area (Å²) in [7, 11) is 4.62. The lowest BCUT2D eigenvalue weighted by atomic mass is 10.2. The monoisotopic (exact) mass is 415 g/mol. The second-order valence-electron chi connectivity index (χ2n) is 6.17. The second kappa shape index (κ2) is 11.3. The van der Waals surface area contributed by atoms with Gasteiger partial charge < -0.3 is 24.3 Å².